The van der Waals surface area contributed by atoms with Crippen molar-refractivity contribution in [3.8, 4) is 0 Å². The fraction of sp³-hybridized carbons (Fsp3) is 0.143. The Bertz CT molecular complexity index is 869. The number of nitrogens with zero attached hydrogens (tertiary/aromatic N) is 2. The fourth-order valence-electron chi connectivity index (χ4n) is 2.03. The van der Waals surface area contributed by atoms with Gasteiger partial charge in [0.05, 0.1) is 17.5 Å². The number of rotatable bonds is 3. The number of aromatic nitrogens is 3. The molecule has 106 valence electrons. The second-order valence-corrected chi connectivity index (χ2v) is 5.78. The molecule has 0 aliphatic rings. The van der Waals surface area contributed by atoms with Crippen molar-refractivity contribution in [1.29, 1.82) is 0 Å². The van der Waals surface area contributed by atoms with Gasteiger partial charge in [0.1, 0.15) is 0 Å². The number of anilines is 1. The molecule has 0 saturated heterocycles. The maximum absolute atomic E-state index is 12.0. The number of nitrogens with one attached hydrogen (secondary N) is 2. The first kappa shape index (κ1) is 13.4. The predicted octanol–water partition coefficient (Wildman–Crippen LogP) is 1.87. The maximum Gasteiger partial charge on any atom is 0.272 e. The van der Waals surface area contributed by atoms with Gasteiger partial charge in [0.2, 0.25) is 5.91 Å². The van der Waals surface area contributed by atoms with Gasteiger partial charge in [-0.3, -0.25) is 9.59 Å². The lowest BCUT2D eigenvalue weighted by Crippen LogP contribution is -2.18. The van der Waals surface area contributed by atoms with E-state index in [9.17, 15) is 9.59 Å². The molecule has 0 saturated carbocycles. The van der Waals surface area contributed by atoms with E-state index in [2.05, 4.69) is 20.5 Å². The third kappa shape index (κ3) is 2.82. The number of carbonyl (C=O) groups is 1. The third-order valence-corrected chi connectivity index (χ3v) is 3.80. The molecule has 1 aromatic carbocycles. The van der Waals surface area contributed by atoms with Crippen LogP contribution in [0, 0.1) is 6.92 Å². The van der Waals surface area contributed by atoms with E-state index in [1.165, 1.54) is 11.3 Å². The van der Waals surface area contributed by atoms with Gasteiger partial charge in [-0.1, -0.05) is 18.2 Å². The van der Waals surface area contributed by atoms with E-state index in [1.807, 2.05) is 13.0 Å². The van der Waals surface area contributed by atoms with E-state index in [0.717, 1.165) is 4.88 Å². The Balaban J connectivity index is 1.86. The monoisotopic (exact) mass is 300 g/mol. The summed E-state index contributed by atoms with van der Waals surface area (Å²) in [5.41, 5.74) is 0.279. The Morgan fingerprint density at radius 1 is 1.33 bits per heavy atom. The summed E-state index contributed by atoms with van der Waals surface area (Å²) in [5, 5.41) is 10.9. The SMILES string of the molecule is Cc1cnc(NC(=O)Cc2n[nH]c(=O)c3ccccc23)s1. The Labute approximate surface area is 123 Å². The number of amides is 1. The molecule has 0 bridgehead atoms. The van der Waals surface area contributed by atoms with Crippen LogP contribution in [0.4, 0.5) is 5.13 Å². The van der Waals surface area contributed by atoms with Crippen molar-refractivity contribution in [3.63, 3.8) is 0 Å². The molecular weight excluding hydrogens is 288 g/mol. The molecule has 2 heterocycles. The molecule has 0 radical (unpaired) electrons. The Morgan fingerprint density at radius 2 is 2.10 bits per heavy atom. The molecule has 2 aromatic heterocycles. The number of thiazole rings is 1. The molecule has 0 atom stereocenters. The smallest absolute Gasteiger partial charge is 0.272 e. The van der Waals surface area contributed by atoms with Gasteiger partial charge in [-0.2, -0.15) is 5.10 Å². The van der Waals surface area contributed by atoms with Crippen molar-refractivity contribution in [2.24, 2.45) is 0 Å². The summed E-state index contributed by atoms with van der Waals surface area (Å²) in [7, 11) is 0. The largest absolute Gasteiger partial charge is 0.302 e. The maximum atomic E-state index is 12.0. The van der Waals surface area contributed by atoms with Crippen LogP contribution in [0.2, 0.25) is 0 Å². The van der Waals surface area contributed by atoms with Gasteiger partial charge in [0.25, 0.3) is 5.56 Å². The molecule has 1 amide bonds. The Morgan fingerprint density at radius 3 is 2.81 bits per heavy atom. The highest BCUT2D eigenvalue weighted by atomic mass is 32.1. The van der Waals surface area contributed by atoms with E-state index in [1.54, 1.807) is 24.4 Å². The summed E-state index contributed by atoms with van der Waals surface area (Å²) >= 11 is 1.41. The molecule has 3 rings (SSSR count). The van der Waals surface area contributed by atoms with E-state index >= 15 is 0 Å². The summed E-state index contributed by atoms with van der Waals surface area (Å²) in [6, 6.07) is 7.09. The third-order valence-electron chi connectivity index (χ3n) is 2.97. The first-order valence-electron chi connectivity index (χ1n) is 6.32. The number of aryl methyl sites for hydroxylation is 1. The van der Waals surface area contributed by atoms with Crippen molar-refractivity contribution < 1.29 is 4.79 Å². The van der Waals surface area contributed by atoms with Gasteiger partial charge in [-0.25, -0.2) is 10.1 Å². The lowest BCUT2D eigenvalue weighted by molar-refractivity contribution is -0.115. The molecule has 7 heteroatoms. The second kappa shape index (κ2) is 5.45. The number of hydrogen-bond acceptors (Lipinski definition) is 5. The van der Waals surface area contributed by atoms with Gasteiger partial charge >= 0.3 is 0 Å². The number of carbonyl (C=O) groups excluding carboxylic acids is 1. The molecule has 6 nitrogen and oxygen atoms in total. The second-order valence-electron chi connectivity index (χ2n) is 4.55. The zero-order valence-corrected chi connectivity index (χ0v) is 12.0. The standard InChI is InChI=1S/C14H12N4O2S/c1-8-7-15-14(21-8)16-12(19)6-11-9-4-2-3-5-10(9)13(20)18-17-11/h2-5,7H,6H2,1H3,(H,18,20)(H,15,16,19). The van der Waals surface area contributed by atoms with Crippen LogP contribution < -0.4 is 10.9 Å². The Kier molecular flexibility index (Phi) is 3.49. The normalized spacial score (nSPS) is 10.7. The lowest BCUT2D eigenvalue weighted by Gasteiger charge is -2.04. The van der Waals surface area contributed by atoms with Crippen LogP contribution in [-0.4, -0.2) is 21.1 Å². The number of benzene rings is 1. The van der Waals surface area contributed by atoms with Crippen molar-refractivity contribution in [2.45, 2.75) is 13.3 Å². The van der Waals surface area contributed by atoms with Crippen LogP contribution >= 0.6 is 11.3 Å². The van der Waals surface area contributed by atoms with E-state index in [4.69, 9.17) is 0 Å². The van der Waals surface area contributed by atoms with E-state index in [0.29, 0.717) is 21.6 Å². The van der Waals surface area contributed by atoms with E-state index in [-0.39, 0.29) is 17.9 Å². The lowest BCUT2D eigenvalue weighted by atomic mass is 10.1. The van der Waals surface area contributed by atoms with Crippen LogP contribution in [0.15, 0.2) is 35.3 Å². The highest BCUT2D eigenvalue weighted by molar-refractivity contribution is 7.15. The molecule has 0 fully saturated rings. The molecule has 21 heavy (non-hydrogen) atoms. The van der Waals surface area contributed by atoms with Gasteiger partial charge in [-0.15, -0.1) is 11.3 Å². The summed E-state index contributed by atoms with van der Waals surface area (Å²) in [6.45, 7) is 1.92. The predicted molar refractivity (Wildman–Crippen MR) is 81.5 cm³/mol. The highest BCUT2D eigenvalue weighted by Crippen LogP contribution is 2.17. The van der Waals surface area contributed by atoms with Crippen molar-refractivity contribution in [3.05, 3.63) is 51.4 Å². The van der Waals surface area contributed by atoms with Crippen molar-refractivity contribution in [2.75, 3.05) is 5.32 Å². The van der Waals surface area contributed by atoms with Crippen LogP contribution in [0.25, 0.3) is 10.8 Å². The fourth-order valence-corrected chi connectivity index (χ4v) is 2.71. The molecule has 3 aromatic rings. The molecule has 0 unspecified atom stereocenters. The van der Waals surface area contributed by atoms with Crippen LogP contribution in [-0.2, 0) is 11.2 Å². The van der Waals surface area contributed by atoms with Gasteiger partial charge in [0.15, 0.2) is 5.13 Å². The highest BCUT2D eigenvalue weighted by Gasteiger charge is 2.11. The summed E-state index contributed by atoms with van der Waals surface area (Å²) < 4.78 is 0. The average Bonchev–Trinajstić information content (AvgIpc) is 2.87. The summed E-state index contributed by atoms with van der Waals surface area (Å²) in [6.07, 6.45) is 1.78. The molecule has 2 N–H and O–H groups in total. The van der Waals surface area contributed by atoms with Gasteiger partial charge < -0.3 is 5.32 Å². The molecule has 0 aliphatic carbocycles. The topological polar surface area (TPSA) is 87.7 Å². The van der Waals surface area contributed by atoms with E-state index < -0.39 is 0 Å². The first-order valence-corrected chi connectivity index (χ1v) is 7.14. The Hall–Kier alpha value is -2.54. The quantitative estimate of drug-likeness (QED) is 0.773. The molecule has 0 spiro atoms. The molecule has 0 aliphatic heterocycles. The minimum atomic E-state index is -0.259. The number of H-pyrrole nitrogens is 1. The summed E-state index contributed by atoms with van der Waals surface area (Å²) in [5.74, 6) is -0.214. The zero-order chi connectivity index (χ0) is 14.8. The number of hydrogen-bond donors (Lipinski definition) is 2. The zero-order valence-electron chi connectivity index (χ0n) is 11.2. The average molecular weight is 300 g/mol. The van der Waals surface area contributed by atoms with Gasteiger partial charge in [0, 0.05) is 16.5 Å². The molecular formula is C14H12N4O2S. The van der Waals surface area contributed by atoms with Crippen molar-refractivity contribution in [1.82, 2.24) is 15.2 Å². The van der Waals surface area contributed by atoms with Crippen LogP contribution in [0.5, 0.6) is 0 Å². The minimum Gasteiger partial charge on any atom is -0.302 e. The number of fused-ring (bicyclic) bond motifs is 1. The van der Waals surface area contributed by atoms with Crippen molar-refractivity contribution >= 4 is 33.1 Å². The van der Waals surface area contributed by atoms with Gasteiger partial charge in [-0.05, 0) is 13.0 Å². The minimum absolute atomic E-state index is 0.0793. The van der Waals surface area contributed by atoms with Crippen LogP contribution in [0.3, 0.4) is 0 Å². The number of aromatic amines is 1. The first-order chi connectivity index (χ1) is 10.1. The van der Waals surface area contributed by atoms with Crippen LogP contribution in [0.1, 0.15) is 10.6 Å². The summed E-state index contributed by atoms with van der Waals surface area (Å²) in [4.78, 5) is 28.8.